The SMILES string of the molecule is Cc1ccc(-n2c(SCC(=O)NNC(=O)c3ccc(F)cc3)nc3ccccc3c2=O)c(C)c1. The predicted octanol–water partition coefficient (Wildman–Crippen LogP) is 3.69. The molecule has 0 radical (unpaired) electrons. The second kappa shape index (κ2) is 9.88. The van der Waals surface area contributed by atoms with Crippen LogP contribution in [-0.4, -0.2) is 27.1 Å². The number of hydrogen-bond donors (Lipinski definition) is 2. The predicted molar refractivity (Wildman–Crippen MR) is 130 cm³/mol. The van der Waals surface area contributed by atoms with Gasteiger partial charge in [0.25, 0.3) is 11.5 Å². The molecular formula is C25H21FN4O3S. The van der Waals surface area contributed by atoms with Crippen LogP contribution in [0.5, 0.6) is 0 Å². The number of halogens is 1. The molecule has 4 rings (SSSR count). The molecule has 0 aliphatic heterocycles. The van der Waals surface area contributed by atoms with Crippen LogP contribution in [0.4, 0.5) is 4.39 Å². The first kappa shape index (κ1) is 23.2. The van der Waals surface area contributed by atoms with Gasteiger partial charge in [0.05, 0.1) is 22.3 Å². The third-order valence-electron chi connectivity index (χ3n) is 5.09. The fraction of sp³-hybridized carbons (Fsp3) is 0.120. The maximum Gasteiger partial charge on any atom is 0.269 e. The first-order chi connectivity index (χ1) is 16.3. The highest BCUT2D eigenvalue weighted by atomic mass is 32.2. The minimum Gasteiger partial charge on any atom is -0.272 e. The van der Waals surface area contributed by atoms with Crippen molar-refractivity contribution in [2.24, 2.45) is 0 Å². The van der Waals surface area contributed by atoms with E-state index >= 15 is 0 Å². The van der Waals surface area contributed by atoms with Crippen molar-refractivity contribution in [3.05, 3.63) is 99.6 Å². The average molecular weight is 477 g/mol. The summed E-state index contributed by atoms with van der Waals surface area (Å²) in [5.41, 5.74) is 7.77. The third-order valence-corrected chi connectivity index (χ3v) is 6.03. The van der Waals surface area contributed by atoms with Crippen LogP contribution in [0.1, 0.15) is 21.5 Å². The zero-order chi connectivity index (χ0) is 24.2. The van der Waals surface area contributed by atoms with Gasteiger partial charge in [-0.05, 0) is 61.9 Å². The van der Waals surface area contributed by atoms with Crippen LogP contribution in [0.15, 0.2) is 76.7 Å². The lowest BCUT2D eigenvalue weighted by atomic mass is 10.1. The fourth-order valence-electron chi connectivity index (χ4n) is 3.44. The molecule has 0 aliphatic carbocycles. The molecule has 1 aromatic heterocycles. The number of aromatic nitrogens is 2. The summed E-state index contributed by atoms with van der Waals surface area (Å²) in [6.45, 7) is 3.88. The quantitative estimate of drug-likeness (QED) is 0.260. The number of aryl methyl sites for hydroxylation is 2. The molecular weight excluding hydrogens is 455 g/mol. The Bertz CT molecular complexity index is 1450. The largest absolute Gasteiger partial charge is 0.272 e. The van der Waals surface area contributed by atoms with Crippen LogP contribution < -0.4 is 16.4 Å². The fourth-order valence-corrected chi connectivity index (χ4v) is 4.25. The van der Waals surface area contributed by atoms with Crippen LogP contribution in [0.3, 0.4) is 0 Å². The number of amides is 2. The lowest BCUT2D eigenvalue weighted by molar-refractivity contribution is -0.119. The summed E-state index contributed by atoms with van der Waals surface area (Å²) in [6.07, 6.45) is 0. The lowest BCUT2D eigenvalue weighted by Crippen LogP contribution is -2.42. The molecule has 4 aromatic rings. The van der Waals surface area contributed by atoms with Crippen molar-refractivity contribution in [1.82, 2.24) is 20.4 Å². The Kier molecular flexibility index (Phi) is 6.74. The van der Waals surface area contributed by atoms with Crippen LogP contribution in [0.2, 0.25) is 0 Å². The molecule has 9 heteroatoms. The molecule has 2 N–H and O–H groups in total. The van der Waals surface area contributed by atoms with E-state index < -0.39 is 17.6 Å². The smallest absolute Gasteiger partial charge is 0.269 e. The lowest BCUT2D eigenvalue weighted by Gasteiger charge is -2.15. The number of rotatable bonds is 5. The minimum atomic E-state index is -0.575. The normalized spacial score (nSPS) is 10.8. The molecule has 172 valence electrons. The number of nitrogens with one attached hydrogen (secondary N) is 2. The number of nitrogens with zero attached hydrogens (tertiary/aromatic N) is 2. The molecule has 2 amide bonds. The molecule has 3 aromatic carbocycles. The molecule has 0 bridgehead atoms. The van der Waals surface area contributed by atoms with E-state index in [1.807, 2.05) is 32.0 Å². The van der Waals surface area contributed by atoms with Gasteiger partial charge in [-0.1, -0.05) is 41.6 Å². The highest BCUT2D eigenvalue weighted by Gasteiger charge is 2.16. The van der Waals surface area contributed by atoms with Crippen molar-refractivity contribution in [2.75, 3.05) is 5.75 Å². The zero-order valence-corrected chi connectivity index (χ0v) is 19.3. The molecule has 0 spiro atoms. The molecule has 0 fully saturated rings. The number of hydrazine groups is 1. The topological polar surface area (TPSA) is 93.1 Å². The second-order valence-corrected chi connectivity index (χ2v) is 8.58. The van der Waals surface area contributed by atoms with Gasteiger partial charge < -0.3 is 0 Å². The Hall–Kier alpha value is -3.98. The van der Waals surface area contributed by atoms with Crippen LogP contribution in [0, 0.1) is 19.7 Å². The second-order valence-electron chi connectivity index (χ2n) is 7.64. The van der Waals surface area contributed by atoms with Gasteiger partial charge in [-0.15, -0.1) is 0 Å². The van der Waals surface area contributed by atoms with Gasteiger partial charge in [0.15, 0.2) is 5.16 Å². The summed E-state index contributed by atoms with van der Waals surface area (Å²) in [5, 5.41) is 0.832. The number of hydrogen-bond acceptors (Lipinski definition) is 5. The molecule has 1 heterocycles. The number of thioether (sulfide) groups is 1. The summed E-state index contributed by atoms with van der Waals surface area (Å²) in [4.78, 5) is 42.5. The van der Waals surface area contributed by atoms with Gasteiger partial charge in [0.1, 0.15) is 5.82 Å². The van der Waals surface area contributed by atoms with Crippen LogP contribution in [0.25, 0.3) is 16.6 Å². The van der Waals surface area contributed by atoms with Crippen molar-refractivity contribution in [1.29, 1.82) is 0 Å². The average Bonchev–Trinajstić information content (AvgIpc) is 2.82. The van der Waals surface area contributed by atoms with E-state index in [-0.39, 0.29) is 16.9 Å². The van der Waals surface area contributed by atoms with E-state index in [0.29, 0.717) is 21.7 Å². The summed E-state index contributed by atoms with van der Waals surface area (Å²) in [5.74, 6) is -1.63. The summed E-state index contributed by atoms with van der Waals surface area (Å²) >= 11 is 1.08. The van der Waals surface area contributed by atoms with Crippen LogP contribution >= 0.6 is 11.8 Å². The Morgan fingerprint density at radius 1 is 1.00 bits per heavy atom. The molecule has 34 heavy (non-hydrogen) atoms. The Morgan fingerprint density at radius 3 is 2.47 bits per heavy atom. The van der Waals surface area contributed by atoms with Gasteiger partial charge >= 0.3 is 0 Å². The maximum atomic E-state index is 13.4. The van der Waals surface area contributed by atoms with Crippen molar-refractivity contribution >= 4 is 34.5 Å². The van der Waals surface area contributed by atoms with Gasteiger partial charge in [0, 0.05) is 5.56 Å². The Balaban J connectivity index is 1.56. The van der Waals surface area contributed by atoms with Gasteiger partial charge in [-0.25, -0.2) is 9.37 Å². The monoisotopic (exact) mass is 476 g/mol. The first-order valence-corrected chi connectivity index (χ1v) is 11.4. The number of para-hydroxylation sites is 1. The van der Waals surface area contributed by atoms with E-state index in [4.69, 9.17) is 0 Å². The minimum absolute atomic E-state index is 0.0978. The summed E-state index contributed by atoms with van der Waals surface area (Å²) < 4.78 is 14.5. The Labute approximate surface area is 199 Å². The maximum absolute atomic E-state index is 13.4. The number of carbonyl (C=O) groups excluding carboxylic acids is 2. The number of benzene rings is 3. The van der Waals surface area contributed by atoms with Crippen molar-refractivity contribution < 1.29 is 14.0 Å². The third kappa shape index (κ3) is 4.99. The molecule has 0 saturated heterocycles. The number of carbonyl (C=O) groups is 2. The molecule has 7 nitrogen and oxygen atoms in total. The van der Waals surface area contributed by atoms with E-state index in [2.05, 4.69) is 15.8 Å². The first-order valence-electron chi connectivity index (χ1n) is 10.4. The van der Waals surface area contributed by atoms with Crippen molar-refractivity contribution in [3.8, 4) is 5.69 Å². The van der Waals surface area contributed by atoms with E-state index in [1.54, 1.807) is 24.3 Å². The van der Waals surface area contributed by atoms with Crippen molar-refractivity contribution in [3.63, 3.8) is 0 Å². The van der Waals surface area contributed by atoms with E-state index in [1.165, 1.54) is 16.7 Å². The summed E-state index contributed by atoms with van der Waals surface area (Å²) in [7, 11) is 0. The number of fused-ring (bicyclic) bond motifs is 1. The van der Waals surface area contributed by atoms with E-state index in [0.717, 1.165) is 35.0 Å². The zero-order valence-electron chi connectivity index (χ0n) is 18.5. The highest BCUT2D eigenvalue weighted by Crippen LogP contribution is 2.23. The molecule has 0 atom stereocenters. The van der Waals surface area contributed by atoms with Gasteiger partial charge in [-0.3, -0.25) is 29.8 Å². The highest BCUT2D eigenvalue weighted by molar-refractivity contribution is 7.99. The van der Waals surface area contributed by atoms with Gasteiger partial charge in [0.2, 0.25) is 5.91 Å². The van der Waals surface area contributed by atoms with E-state index in [9.17, 15) is 18.8 Å². The molecule has 0 saturated carbocycles. The summed E-state index contributed by atoms with van der Waals surface area (Å²) in [6, 6.07) is 17.7. The van der Waals surface area contributed by atoms with Crippen molar-refractivity contribution in [2.45, 2.75) is 19.0 Å². The molecule has 0 aliphatic rings. The Morgan fingerprint density at radius 2 is 1.74 bits per heavy atom. The standard InChI is InChI=1S/C25H21FN4O3S/c1-15-7-12-21(16(2)13-15)30-24(33)19-5-3-4-6-20(19)27-25(30)34-14-22(31)28-29-23(32)17-8-10-18(26)11-9-17/h3-13H,14H2,1-2H3,(H,28,31)(H,29,32). The van der Waals surface area contributed by atoms with Gasteiger partial charge in [-0.2, -0.15) is 0 Å². The van der Waals surface area contributed by atoms with Crippen LogP contribution in [-0.2, 0) is 4.79 Å². The molecule has 0 unspecified atom stereocenters.